The smallest absolute Gasteiger partial charge is 0.233 e. The number of hydrogen-bond donors (Lipinski definition) is 2. The lowest BCUT2D eigenvalue weighted by molar-refractivity contribution is 0.628. The fourth-order valence-electron chi connectivity index (χ4n) is 3.69. The van der Waals surface area contributed by atoms with Gasteiger partial charge in [0, 0.05) is 25.3 Å². The van der Waals surface area contributed by atoms with Crippen molar-refractivity contribution in [1.29, 1.82) is 0 Å². The second-order valence-corrected chi connectivity index (χ2v) is 7.39. The molecule has 28 heavy (non-hydrogen) atoms. The Bertz CT molecular complexity index is 814. The zero-order valence-corrected chi connectivity index (χ0v) is 16.1. The van der Waals surface area contributed by atoms with E-state index in [4.69, 9.17) is 0 Å². The van der Waals surface area contributed by atoms with Crippen LogP contribution in [-0.4, -0.2) is 34.6 Å². The van der Waals surface area contributed by atoms with Gasteiger partial charge >= 0.3 is 0 Å². The molecule has 0 atom stereocenters. The summed E-state index contributed by atoms with van der Waals surface area (Å²) in [7, 11) is 0. The van der Waals surface area contributed by atoms with Gasteiger partial charge in [0.15, 0.2) is 0 Å². The van der Waals surface area contributed by atoms with Gasteiger partial charge in [-0.1, -0.05) is 11.6 Å². The summed E-state index contributed by atoms with van der Waals surface area (Å²) in [6.45, 7) is 2.74. The second kappa shape index (κ2) is 8.99. The first-order valence-corrected chi connectivity index (χ1v) is 10.2. The summed E-state index contributed by atoms with van der Waals surface area (Å²) in [5.41, 5.74) is 2.27. The summed E-state index contributed by atoms with van der Waals surface area (Å²) in [6, 6.07) is 6.19. The molecule has 0 saturated carbocycles. The van der Waals surface area contributed by atoms with Gasteiger partial charge in [0.25, 0.3) is 0 Å². The van der Waals surface area contributed by atoms with Crippen molar-refractivity contribution in [2.45, 2.75) is 44.9 Å². The van der Waals surface area contributed by atoms with Gasteiger partial charge < -0.3 is 15.5 Å². The van der Waals surface area contributed by atoms with Crippen molar-refractivity contribution in [3.05, 3.63) is 41.7 Å². The molecule has 2 aliphatic rings. The third kappa shape index (κ3) is 4.97. The first kappa shape index (κ1) is 18.7. The third-order valence-electron chi connectivity index (χ3n) is 5.23. The lowest BCUT2D eigenvalue weighted by Crippen LogP contribution is -2.22. The second-order valence-electron chi connectivity index (χ2n) is 7.39. The highest BCUT2D eigenvalue weighted by atomic mass is 19.1. The van der Waals surface area contributed by atoms with E-state index in [9.17, 15) is 4.39 Å². The van der Waals surface area contributed by atoms with Crippen LogP contribution in [0.3, 0.4) is 0 Å². The van der Waals surface area contributed by atoms with E-state index < -0.39 is 0 Å². The molecule has 1 fully saturated rings. The summed E-state index contributed by atoms with van der Waals surface area (Å²) < 4.78 is 13.2. The normalized spacial score (nSPS) is 16.8. The highest BCUT2D eigenvalue weighted by Crippen LogP contribution is 2.22. The van der Waals surface area contributed by atoms with Gasteiger partial charge in [0.05, 0.1) is 0 Å². The van der Waals surface area contributed by atoms with Gasteiger partial charge in [-0.2, -0.15) is 15.0 Å². The van der Waals surface area contributed by atoms with Gasteiger partial charge in [-0.25, -0.2) is 4.39 Å². The van der Waals surface area contributed by atoms with Crippen LogP contribution >= 0.6 is 0 Å². The van der Waals surface area contributed by atoms with Crippen LogP contribution in [0, 0.1) is 5.82 Å². The number of halogens is 1. The predicted octanol–water partition coefficient (Wildman–Crippen LogP) is 4.66. The minimum absolute atomic E-state index is 0.265. The molecule has 0 amide bonds. The summed E-state index contributed by atoms with van der Waals surface area (Å²) in [5, 5.41) is 6.53. The fourth-order valence-corrected chi connectivity index (χ4v) is 3.69. The first-order chi connectivity index (χ1) is 13.8. The van der Waals surface area contributed by atoms with Crippen molar-refractivity contribution in [2.75, 3.05) is 35.2 Å². The van der Waals surface area contributed by atoms with Crippen molar-refractivity contribution >= 4 is 23.5 Å². The number of benzene rings is 1. The fraction of sp³-hybridized carbons (Fsp3) is 0.476. The number of aromatic nitrogens is 3. The van der Waals surface area contributed by atoms with Crippen molar-refractivity contribution < 1.29 is 4.39 Å². The van der Waals surface area contributed by atoms with Crippen molar-refractivity contribution in [2.24, 2.45) is 0 Å². The van der Waals surface area contributed by atoms with Crippen LogP contribution in [0.15, 0.2) is 35.9 Å². The topological polar surface area (TPSA) is 66.0 Å². The molecule has 2 N–H and O–H groups in total. The third-order valence-corrected chi connectivity index (χ3v) is 5.23. The average molecular weight is 382 g/mol. The van der Waals surface area contributed by atoms with E-state index in [1.54, 1.807) is 12.1 Å². The number of nitrogens with one attached hydrogen (secondary N) is 2. The van der Waals surface area contributed by atoms with Gasteiger partial charge in [0.1, 0.15) is 5.82 Å². The molecule has 0 radical (unpaired) electrons. The van der Waals surface area contributed by atoms with Gasteiger partial charge in [-0.15, -0.1) is 0 Å². The molecule has 2 aromatic rings. The van der Waals surface area contributed by atoms with Crippen molar-refractivity contribution in [1.82, 2.24) is 15.0 Å². The molecule has 1 aliphatic heterocycles. The Kier molecular flexibility index (Phi) is 5.99. The maximum atomic E-state index is 13.2. The SMILES string of the molecule is Fc1ccc(Nc2nc(NCCC3=CCCCC3)nc(N3CCCC3)n2)cc1. The average Bonchev–Trinajstić information content (AvgIpc) is 3.26. The number of hydrogen-bond acceptors (Lipinski definition) is 6. The highest BCUT2D eigenvalue weighted by Gasteiger charge is 2.17. The lowest BCUT2D eigenvalue weighted by Gasteiger charge is -2.18. The van der Waals surface area contributed by atoms with E-state index in [0.717, 1.165) is 44.6 Å². The van der Waals surface area contributed by atoms with E-state index >= 15 is 0 Å². The van der Waals surface area contributed by atoms with Gasteiger partial charge in [0.2, 0.25) is 17.8 Å². The minimum atomic E-state index is -0.265. The van der Waals surface area contributed by atoms with Crippen LogP contribution in [0.2, 0.25) is 0 Å². The zero-order chi connectivity index (χ0) is 19.2. The van der Waals surface area contributed by atoms with Crippen LogP contribution in [0.1, 0.15) is 44.9 Å². The molecule has 148 valence electrons. The first-order valence-electron chi connectivity index (χ1n) is 10.2. The van der Waals surface area contributed by atoms with E-state index in [0.29, 0.717) is 17.8 Å². The minimum Gasteiger partial charge on any atom is -0.354 e. The Morgan fingerprint density at radius 1 is 0.929 bits per heavy atom. The predicted molar refractivity (Wildman–Crippen MR) is 111 cm³/mol. The summed E-state index contributed by atoms with van der Waals surface area (Å²) in [4.78, 5) is 15.9. The van der Waals surface area contributed by atoms with Crippen LogP contribution in [0.25, 0.3) is 0 Å². The Morgan fingerprint density at radius 3 is 2.46 bits per heavy atom. The number of allylic oxidation sites excluding steroid dienone is 1. The largest absolute Gasteiger partial charge is 0.354 e. The lowest BCUT2D eigenvalue weighted by atomic mass is 9.97. The molecule has 4 rings (SSSR count). The van der Waals surface area contributed by atoms with E-state index in [1.807, 2.05) is 0 Å². The zero-order valence-electron chi connectivity index (χ0n) is 16.1. The highest BCUT2D eigenvalue weighted by molar-refractivity contribution is 5.55. The number of anilines is 4. The maximum Gasteiger partial charge on any atom is 0.233 e. The van der Waals surface area contributed by atoms with E-state index in [2.05, 4.69) is 36.6 Å². The van der Waals surface area contributed by atoms with Crippen LogP contribution in [0.5, 0.6) is 0 Å². The number of nitrogens with zero attached hydrogens (tertiary/aromatic N) is 4. The molecule has 1 aliphatic carbocycles. The van der Waals surface area contributed by atoms with Gasteiger partial charge in [-0.05, 0) is 69.2 Å². The van der Waals surface area contributed by atoms with E-state index in [-0.39, 0.29) is 5.82 Å². The van der Waals surface area contributed by atoms with E-state index in [1.165, 1.54) is 43.4 Å². The summed E-state index contributed by atoms with van der Waals surface area (Å²) in [5.74, 6) is 1.48. The molecule has 1 aromatic heterocycles. The van der Waals surface area contributed by atoms with Crippen LogP contribution in [-0.2, 0) is 0 Å². The monoisotopic (exact) mass is 382 g/mol. The van der Waals surface area contributed by atoms with Crippen molar-refractivity contribution in [3.63, 3.8) is 0 Å². The maximum absolute atomic E-state index is 13.2. The molecule has 2 heterocycles. The Balaban J connectivity index is 1.48. The molecule has 1 aromatic carbocycles. The molecule has 0 bridgehead atoms. The van der Waals surface area contributed by atoms with Crippen LogP contribution < -0.4 is 15.5 Å². The molecule has 0 unspecified atom stereocenters. The Morgan fingerprint density at radius 2 is 1.71 bits per heavy atom. The van der Waals surface area contributed by atoms with Crippen molar-refractivity contribution in [3.8, 4) is 0 Å². The molecule has 7 heteroatoms. The summed E-state index contributed by atoms with van der Waals surface area (Å²) >= 11 is 0. The number of rotatable bonds is 7. The van der Waals surface area contributed by atoms with Crippen LogP contribution in [0.4, 0.5) is 27.9 Å². The molecular formula is C21H27FN6. The Labute approximate surface area is 165 Å². The van der Waals surface area contributed by atoms with Gasteiger partial charge in [-0.3, -0.25) is 0 Å². The summed E-state index contributed by atoms with van der Waals surface area (Å²) in [6.07, 6.45) is 10.7. The Hall–Kier alpha value is -2.70. The molecule has 1 saturated heterocycles. The molecule has 0 spiro atoms. The molecular weight excluding hydrogens is 355 g/mol. The molecule has 6 nitrogen and oxygen atoms in total. The standard InChI is InChI=1S/C21H27FN6/c22-17-8-10-18(11-9-17)24-20-25-19(23-13-12-16-6-2-1-3-7-16)26-21(27-20)28-14-4-5-15-28/h6,8-11H,1-5,7,12-15H2,(H2,23,24,25,26,27). The quantitative estimate of drug-likeness (QED) is 0.679.